The Morgan fingerprint density at radius 2 is 1.71 bits per heavy atom. The maximum atomic E-state index is 12.9. The van der Waals surface area contributed by atoms with Crippen LogP contribution in [0.4, 0.5) is 5.69 Å². The van der Waals surface area contributed by atoms with Gasteiger partial charge in [0.05, 0.1) is 50.5 Å². The van der Waals surface area contributed by atoms with Crippen molar-refractivity contribution in [1.29, 1.82) is 0 Å². The second-order valence-corrected chi connectivity index (χ2v) is 7.48. The molecule has 0 unspecified atom stereocenters. The molecule has 2 aromatic heterocycles. The lowest BCUT2D eigenvalue weighted by Crippen LogP contribution is -2.23. The lowest BCUT2D eigenvalue weighted by atomic mass is 10.1. The third-order valence-corrected chi connectivity index (χ3v) is 5.29. The molecule has 0 aliphatic heterocycles. The summed E-state index contributed by atoms with van der Waals surface area (Å²) in [6.07, 6.45) is 1.59. The zero-order valence-corrected chi connectivity index (χ0v) is 19.3. The minimum Gasteiger partial charge on any atom is -0.493 e. The number of benzene rings is 2. The fraction of sp³-hybridized carbons (Fsp3) is 0.200. The molecule has 1 N–H and O–H groups in total. The van der Waals surface area contributed by atoms with E-state index in [-0.39, 0.29) is 17.9 Å². The first-order chi connectivity index (χ1) is 16.4. The van der Waals surface area contributed by atoms with Crippen molar-refractivity contribution in [3.05, 3.63) is 76.5 Å². The number of pyridine rings is 1. The number of aryl methyl sites for hydroxylation is 1. The summed E-state index contributed by atoms with van der Waals surface area (Å²) in [6.45, 7) is 1.75. The molecule has 0 saturated heterocycles. The normalized spacial score (nSPS) is 10.7. The van der Waals surface area contributed by atoms with Gasteiger partial charge in [0.15, 0.2) is 11.5 Å². The number of rotatable bonds is 7. The molecular formula is C25H24N4O5. The van der Waals surface area contributed by atoms with Gasteiger partial charge in [0.25, 0.3) is 5.56 Å². The number of hydrogen-bond donors (Lipinski definition) is 1. The predicted molar refractivity (Wildman–Crippen MR) is 128 cm³/mol. The van der Waals surface area contributed by atoms with Gasteiger partial charge in [-0.2, -0.15) is 0 Å². The highest BCUT2D eigenvalue weighted by atomic mass is 16.5. The van der Waals surface area contributed by atoms with Crippen molar-refractivity contribution in [3.63, 3.8) is 0 Å². The molecule has 0 bridgehead atoms. The molecule has 1 amide bonds. The van der Waals surface area contributed by atoms with Crippen molar-refractivity contribution in [2.24, 2.45) is 0 Å². The Balaban J connectivity index is 1.53. The number of para-hydroxylation sites is 1. The van der Waals surface area contributed by atoms with E-state index < -0.39 is 0 Å². The first kappa shape index (κ1) is 22.8. The highest BCUT2D eigenvalue weighted by Gasteiger charge is 2.15. The van der Waals surface area contributed by atoms with Gasteiger partial charge >= 0.3 is 0 Å². The number of amides is 1. The Bertz CT molecular complexity index is 1390. The molecule has 4 aromatic rings. The van der Waals surface area contributed by atoms with Crippen LogP contribution in [0, 0.1) is 6.92 Å². The van der Waals surface area contributed by atoms with Crippen LogP contribution in [0.2, 0.25) is 0 Å². The standard InChI is InChI=1S/C25H24N4O5/c1-15-27-19-8-6-5-7-18(19)25(31)29(15)22-10-9-17(14-26-22)28-23(30)13-16-11-20(32-2)24(34-4)21(12-16)33-3/h5-12,14H,13H2,1-4H3,(H,28,30). The molecule has 174 valence electrons. The lowest BCUT2D eigenvalue weighted by Gasteiger charge is -2.14. The van der Waals surface area contributed by atoms with Crippen molar-refractivity contribution < 1.29 is 19.0 Å². The number of methoxy groups -OCH3 is 3. The topological polar surface area (TPSA) is 105 Å². The number of carbonyl (C=O) groups excluding carboxylic acids is 1. The van der Waals surface area contributed by atoms with Crippen LogP contribution in [0.1, 0.15) is 11.4 Å². The maximum absolute atomic E-state index is 12.9. The fourth-order valence-electron chi connectivity index (χ4n) is 3.73. The second-order valence-electron chi connectivity index (χ2n) is 7.48. The van der Waals surface area contributed by atoms with E-state index in [9.17, 15) is 9.59 Å². The molecule has 2 aromatic carbocycles. The van der Waals surface area contributed by atoms with Crippen LogP contribution in [-0.2, 0) is 11.2 Å². The lowest BCUT2D eigenvalue weighted by molar-refractivity contribution is -0.115. The summed E-state index contributed by atoms with van der Waals surface area (Å²) in [5.41, 5.74) is 1.63. The molecular weight excluding hydrogens is 436 g/mol. The summed E-state index contributed by atoms with van der Waals surface area (Å²) >= 11 is 0. The van der Waals surface area contributed by atoms with Gasteiger partial charge in [-0.15, -0.1) is 0 Å². The van der Waals surface area contributed by atoms with E-state index in [1.807, 2.05) is 6.07 Å². The first-order valence-corrected chi connectivity index (χ1v) is 10.5. The molecule has 4 rings (SSSR count). The van der Waals surface area contributed by atoms with Crippen molar-refractivity contribution >= 4 is 22.5 Å². The van der Waals surface area contributed by atoms with Crippen LogP contribution in [0.15, 0.2) is 59.5 Å². The number of nitrogens with one attached hydrogen (secondary N) is 1. The van der Waals surface area contributed by atoms with Crippen molar-refractivity contribution in [3.8, 4) is 23.1 Å². The van der Waals surface area contributed by atoms with Gasteiger partial charge in [-0.25, -0.2) is 14.5 Å². The number of hydrogen-bond acceptors (Lipinski definition) is 7. The minimum absolute atomic E-state index is 0.0889. The molecule has 2 heterocycles. The summed E-state index contributed by atoms with van der Waals surface area (Å²) in [5.74, 6) is 2.10. The van der Waals surface area contributed by atoms with Crippen LogP contribution in [0.5, 0.6) is 17.2 Å². The molecule has 9 nitrogen and oxygen atoms in total. The number of carbonyl (C=O) groups is 1. The van der Waals surface area contributed by atoms with Crippen molar-refractivity contribution in [2.45, 2.75) is 13.3 Å². The second kappa shape index (κ2) is 9.62. The Kier molecular flexibility index (Phi) is 6.44. The van der Waals surface area contributed by atoms with E-state index in [0.29, 0.717) is 51.0 Å². The maximum Gasteiger partial charge on any atom is 0.267 e. The number of nitrogens with zero attached hydrogens (tertiary/aromatic N) is 3. The molecule has 0 atom stereocenters. The van der Waals surface area contributed by atoms with Gasteiger partial charge < -0.3 is 19.5 Å². The van der Waals surface area contributed by atoms with E-state index in [0.717, 1.165) is 0 Å². The summed E-state index contributed by atoms with van der Waals surface area (Å²) < 4.78 is 17.4. The molecule has 0 fully saturated rings. The number of aromatic nitrogens is 3. The van der Waals surface area contributed by atoms with E-state index in [2.05, 4.69) is 15.3 Å². The van der Waals surface area contributed by atoms with Gasteiger partial charge in [-0.1, -0.05) is 12.1 Å². The number of fused-ring (bicyclic) bond motifs is 1. The van der Waals surface area contributed by atoms with Crippen LogP contribution in [0.25, 0.3) is 16.7 Å². The Morgan fingerprint density at radius 3 is 2.32 bits per heavy atom. The van der Waals surface area contributed by atoms with Gasteiger partial charge in [0.1, 0.15) is 11.6 Å². The SMILES string of the molecule is COc1cc(CC(=O)Nc2ccc(-n3c(C)nc4ccccc4c3=O)nc2)cc(OC)c1OC. The summed E-state index contributed by atoms with van der Waals surface area (Å²) in [7, 11) is 4.56. The average molecular weight is 460 g/mol. The largest absolute Gasteiger partial charge is 0.493 e. The van der Waals surface area contributed by atoms with Gasteiger partial charge in [0, 0.05) is 0 Å². The highest BCUT2D eigenvalue weighted by molar-refractivity contribution is 5.92. The summed E-state index contributed by atoms with van der Waals surface area (Å²) in [4.78, 5) is 34.4. The molecule has 0 radical (unpaired) electrons. The van der Waals surface area contributed by atoms with Crippen LogP contribution < -0.4 is 25.1 Å². The Hall–Kier alpha value is -4.40. The predicted octanol–water partition coefficient (Wildman–Crippen LogP) is 3.30. The van der Waals surface area contributed by atoms with Crippen molar-refractivity contribution in [2.75, 3.05) is 26.6 Å². The smallest absolute Gasteiger partial charge is 0.267 e. The first-order valence-electron chi connectivity index (χ1n) is 10.5. The quantitative estimate of drug-likeness (QED) is 0.451. The summed E-state index contributed by atoms with van der Waals surface area (Å²) in [6, 6.07) is 14.0. The zero-order valence-electron chi connectivity index (χ0n) is 19.3. The van der Waals surface area contributed by atoms with E-state index in [1.54, 1.807) is 49.4 Å². The van der Waals surface area contributed by atoms with Crippen molar-refractivity contribution in [1.82, 2.24) is 14.5 Å². The monoisotopic (exact) mass is 460 g/mol. The molecule has 0 spiro atoms. The molecule has 0 aliphatic rings. The molecule has 0 saturated carbocycles. The van der Waals surface area contributed by atoms with Gasteiger partial charge in [0.2, 0.25) is 11.7 Å². The average Bonchev–Trinajstić information content (AvgIpc) is 2.84. The van der Waals surface area contributed by atoms with E-state index >= 15 is 0 Å². The molecule has 34 heavy (non-hydrogen) atoms. The highest BCUT2D eigenvalue weighted by Crippen LogP contribution is 2.38. The van der Waals surface area contributed by atoms with Crippen LogP contribution in [0.3, 0.4) is 0 Å². The number of ether oxygens (including phenoxy) is 3. The Morgan fingerprint density at radius 1 is 1.00 bits per heavy atom. The minimum atomic E-state index is -0.246. The Labute approximate surface area is 195 Å². The summed E-state index contributed by atoms with van der Waals surface area (Å²) in [5, 5.41) is 3.33. The van der Waals surface area contributed by atoms with Gasteiger partial charge in [-0.3, -0.25) is 9.59 Å². The molecule has 0 aliphatic carbocycles. The molecule has 9 heteroatoms. The third kappa shape index (κ3) is 4.40. The fourth-order valence-corrected chi connectivity index (χ4v) is 3.73. The van der Waals surface area contributed by atoms with Crippen LogP contribution >= 0.6 is 0 Å². The van der Waals surface area contributed by atoms with E-state index in [4.69, 9.17) is 14.2 Å². The van der Waals surface area contributed by atoms with Crippen LogP contribution in [-0.4, -0.2) is 41.8 Å². The number of anilines is 1. The third-order valence-electron chi connectivity index (χ3n) is 5.29. The zero-order chi connectivity index (χ0) is 24.2. The van der Waals surface area contributed by atoms with Gasteiger partial charge in [-0.05, 0) is 48.9 Å². The van der Waals surface area contributed by atoms with E-state index in [1.165, 1.54) is 32.1 Å².